The van der Waals surface area contributed by atoms with Gasteiger partial charge in [0.25, 0.3) is 5.91 Å². The van der Waals surface area contributed by atoms with E-state index in [0.29, 0.717) is 17.9 Å². The third kappa shape index (κ3) is 6.25. The van der Waals surface area contributed by atoms with Crippen LogP contribution >= 0.6 is 0 Å². The van der Waals surface area contributed by atoms with Gasteiger partial charge in [0.2, 0.25) is 0 Å². The first-order valence-electron chi connectivity index (χ1n) is 7.31. The first-order chi connectivity index (χ1) is 11.1. The molecule has 0 unspecified atom stereocenters. The number of hydrogen-bond acceptors (Lipinski definition) is 6. The summed E-state index contributed by atoms with van der Waals surface area (Å²) in [6.45, 7) is 0.902. The number of benzene rings is 1. The Morgan fingerprint density at radius 2 is 1.87 bits per heavy atom. The topological polar surface area (TPSA) is 85.3 Å². The number of nitrogens with zero attached hydrogens (tertiary/aromatic N) is 1. The molecule has 0 atom stereocenters. The van der Waals surface area contributed by atoms with E-state index >= 15 is 0 Å². The summed E-state index contributed by atoms with van der Waals surface area (Å²) in [4.78, 5) is 25.5. The Morgan fingerprint density at radius 3 is 2.52 bits per heavy atom. The highest BCUT2D eigenvalue weighted by Crippen LogP contribution is 2.19. The highest BCUT2D eigenvalue weighted by Gasteiger charge is 2.20. The van der Waals surface area contributed by atoms with Crippen LogP contribution in [-0.4, -0.2) is 69.0 Å². The Labute approximate surface area is 135 Å². The van der Waals surface area contributed by atoms with E-state index in [9.17, 15) is 9.59 Å². The van der Waals surface area contributed by atoms with E-state index in [-0.39, 0.29) is 44.7 Å². The van der Waals surface area contributed by atoms with Gasteiger partial charge in [0.05, 0.1) is 46.0 Å². The largest absolute Gasteiger partial charge is 0.496 e. The third-order valence-electron chi connectivity index (χ3n) is 3.18. The summed E-state index contributed by atoms with van der Waals surface area (Å²) in [5, 5.41) is 8.71. The van der Waals surface area contributed by atoms with Gasteiger partial charge < -0.3 is 24.2 Å². The fraction of sp³-hybridized carbons (Fsp3) is 0.500. The van der Waals surface area contributed by atoms with E-state index in [1.807, 2.05) is 0 Å². The van der Waals surface area contributed by atoms with Crippen LogP contribution in [0.4, 0.5) is 0 Å². The molecule has 0 saturated carbocycles. The van der Waals surface area contributed by atoms with Crippen LogP contribution in [0.1, 0.15) is 16.8 Å². The number of rotatable bonds is 10. The van der Waals surface area contributed by atoms with Crippen LogP contribution in [0, 0.1) is 0 Å². The number of aliphatic hydroxyl groups is 1. The molecule has 0 saturated heterocycles. The van der Waals surface area contributed by atoms with Crippen LogP contribution in [0.2, 0.25) is 0 Å². The zero-order chi connectivity index (χ0) is 17.1. The number of carbonyl (C=O) groups excluding carboxylic acids is 2. The molecule has 1 amide bonds. The van der Waals surface area contributed by atoms with Crippen LogP contribution in [0.25, 0.3) is 0 Å². The number of methoxy groups -OCH3 is 2. The molecule has 1 aromatic carbocycles. The van der Waals surface area contributed by atoms with Gasteiger partial charge in [-0.2, -0.15) is 0 Å². The predicted molar refractivity (Wildman–Crippen MR) is 83.4 cm³/mol. The zero-order valence-electron chi connectivity index (χ0n) is 13.5. The number of hydrogen-bond donors (Lipinski definition) is 1. The molecule has 0 aromatic heterocycles. The average Bonchev–Trinajstić information content (AvgIpc) is 2.60. The minimum atomic E-state index is -0.390. The highest BCUT2D eigenvalue weighted by molar-refractivity contribution is 5.97. The van der Waals surface area contributed by atoms with Crippen molar-refractivity contribution in [3.05, 3.63) is 29.8 Å². The molecule has 1 rings (SSSR count). The molecule has 128 valence electrons. The van der Waals surface area contributed by atoms with Crippen molar-refractivity contribution in [1.29, 1.82) is 0 Å². The maximum Gasteiger partial charge on any atom is 0.307 e. The van der Waals surface area contributed by atoms with Crippen LogP contribution in [0.3, 0.4) is 0 Å². The van der Waals surface area contributed by atoms with E-state index in [4.69, 9.17) is 14.6 Å². The van der Waals surface area contributed by atoms with Gasteiger partial charge >= 0.3 is 5.97 Å². The fourth-order valence-electron chi connectivity index (χ4n) is 1.98. The molecule has 0 bridgehead atoms. The van der Waals surface area contributed by atoms with E-state index < -0.39 is 0 Å². The lowest BCUT2D eigenvalue weighted by Gasteiger charge is -2.23. The summed E-state index contributed by atoms with van der Waals surface area (Å²) < 4.78 is 15.0. The maximum atomic E-state index is 12.7. The number of ether oxygens (including phenoxy) is 3. The summed E-state index contributed by atoms with van der Waals surface area (Å²) in [6, 6.07) is 6.89. The summed E-state index contributed by atoms with van der Waals surface area (Å²) in [7, 11) is 2.80. The molecule has 0 radical (unpaired) electrons. The van der Waals surface area contributed by atoms with Crippen LogP contribution in [0.5, 0.6) is 5.75 Å². The van der Waals surface area contributed by atoms with Crippen LogP contribution in [0.15, 0.2) is 24.3 Å². The van der Waals surface area contributed by atoms with Crippen molar-refractivity contribution in [2.45, 2.75) is 6.42 Å². The Bertz CT molecular complexity index is 505. The maximum absolute atomic E-state index is 12.7. The van der Waals surface area contributed by atoms with Crippen molar-refractivity contribution in [2.75, 3.05) is 47.1 Å². The second kappa shape index (κ2) is 10.6. The summed E-state index contributed by atoms with van der Waals surface area (Å²) in [5.41, 5.74) is 0.419. The second-order valence-electron chi connectivity index (χ2n) is 4.65. The van der Waals surface area contributed by atoms with E-state index in [1.54, 1.807) is 24.3 Å². The highest BCUT2D eigenvalue weighted by atomic mass is 16.5. The zero-order valence-corrected chi connectivity index (χ0v) is 13.5. The molecule has 0 fully saturated rings. The SMILES string of the molecule is COC(=O)CCN(CCOCCO)C(=O)c1ccccc1OC. The standard InChI is InChI=1S/C16H23NO6/c1-21-14-6-4-3-5-13(14)16(20)17(8-7-15(19)22-2)9-11-23-12-10-18/h3-6,18H,7-12H2,1-2H3. The molecule has 1 aromatic rings. The normalized spacial score (nSPS) is 10.2. The van der Waals surface area contributed by atoms with Gasteiger partial charge in [-0.3, -0.25) is 9.59 Å². The molecule has 0 aliphatic rings. The molecule has 7 heteroatoms. The van der Waals surface area contributed by atoms with Crippen molar-refractivity contribution < 1.29 is 28.9 Å². The fourth-order valence-corrected chi connectivity index (χ4v) is 1.98. The molecule has 0 heterocycles. The van der Waals surface area contributed by atoms with Gasteiger partial charge in [-0.15, -0.1) is 0 Å². The first-order valence-corrected chi connectivity index (χ1v) is 7.31. The lowest BCUT2D eigenvalue weighted by atomic mass is 10.1. The van der Waals surface area contributed by atoms with E-state index in [2.05, 4.69) is 4.74 Å². The number of aliphatic hydroxyl groups excluding tert-OH is 1. The van der Waals surface area contributed by atoms with Gasteiger partial charge in [-0.1, -0.05) is 12.1 Å². The second-order valence-corrected chi connectivity index (χ2v) is 4.65. The Morgan fingerprint density at radius 1 is 1.13 bits per heavy atom. The molecule has 0 spiro atoms. The lowest BCUT2D eigenvalue weighted by Crippen LogP contribution is -2.36. The quantitative estimate of drug-likeness (QED) is 0.504. The van der Waals surface area contributed by atoms with Crippen molar-refractivity contribution in [3.8, 4) is 5.75 Å². The van der Waals surface area contributed by atoms with Crippen molar-refractivity contribution in [3.63, 3.8) is 0 Å². The molecule has 7 nitrogen and oxygen atoms in total. The van der Waals surface area contributed by atoms with Gasteiger partial charge in [0, 0.05) is 13.1 Å². The molecular formula is C16H23NO6. The summed E-state index contributed by atoms with van der Waals surface area (Å²) in [5.74, 6) is -0.171. The van der Waals surface area contributed by atoms with Gasteiger partial charge in [0.1, 0.15) is 5.75 Å². The Kier molecular flexibility index (Phi) is 8.71. The summed E-state index contributed by atoms with van der Waals surface area (Å²) in [6.07, 6.45) is 0.0946. The minimum Gasteiger partial charge on any atom is -0.496 e. The number of para-hydroxylation sites is 1. The number of esters is 1. The number of amides is 1. The predicted octanol–water partition coefficient (Wildman–Crippen LogP) is 0.709. The van der Waals surface area contributed by atoms with Gasteiger partial charge in [0.15, 0.2) is 0 Å². The van der Waals surface area contributed by atoms with Crippen LogP contribution in [-0.2, 0) is 14.3 Å². The number of carbonyl (C=O) groups is 2. The van der Waals surface area contributed by atoms with Crippen LogP contribution < -0.4 is 4.74 Å². The van der Waals surface area contributed by atoms with E-state index in [0.717, 1.165) is 0 Å². The first kappa shape index (κ1) is 18.9. The van der Waals surface area contributed by atoms with Gasteiger partial charge in [-0.25, -0.2) is 0 Å². The monoisotopic (exact) mass is 325 g/mol. The summed E-state index contributed by atoms with van der Waals surface area (Å²) >= 11 is 0. The molecular weight excluding hydrogens is 302 g/mol. The van der Waals surface area contributed by atoms with Gasteiger partial charge in [-0.05, 0) is 12.1 Å². The molecule has 1 N–H and O–H groups in total. The minimum absolute atomic E-state index is 0.0807. The third-order valence-corrected chi connectivity index (χ3v) is 3.18. The lowest BCUT2D eigenvalue weighted by molar-refractivity contribution is -0.140. The van der Waals surface area contributed by atoms with Crippen molar-refractivity contribution >= 4 is 11.9 Å². The average molecular weight is 325 g/mol. The Balaban J connectivity index is 2.79. The van der Waals surface area contributed by atoms with Crippen molar-refractivity contribution in [2.24, 2.45) is 0 Å². The molecule has 23 heavy (non-hydrogen) atoms. The van der Waals surface area contributed by atoms with E-state index in [1.165, 1.54) is 19.1 Å². The van der Waals surface area contributed by atoms with Crippen molar-refractivity contribution in [1.82, 2.24) is 4.90 Å². The molecule has 0 aliphatic carbocycles. The molecule has 0 aliphatic heterocycles. The smallest absolute Gasteiger partial charge is 0.307 e. The Hall–Kier alpha value is -2.12.